The lowest BCUT2D eigenvalue weighted by Gasteiger charge is -2.23. The normalized spacial score (nSPS) is 13.5. The zero-order chi connectivity index (χ0) is 29.5. The van der Waals surface area contributed by atoms with Crippen molar-refractivity contribution in [2.24, 2.45) is 0 Å². The topological polar surface area (TPSA) is 68.3 Å². The van der Waals surface area contributed by atoms with E-state index in [9.17, 15) is 60.7 Å². The maximum Gasteiger partial charge on any atom is 0.499 e. The van der Waals surface area contributed by atoms with Crippen LogP contribution in [0.1, 0.15) is 81.3 Å². The number of alkyl halides is 6. The number of sulfone groups is 2. The Morgan fingerprint density at radius 3 is 1.29 bits per heavy atom. The molecule has 222 valence electrons. The van der Waals surface area contributed by atoms with Crippen LogP contribution >= 0.6 is 11.8 Å². The Kier molecular flexibility index (Phi) is 12.7. The number of benzene rings is 1. The summed E-state index contributed by atoms with van der Waals surface area (Å²) in [6.07, 6.45) is 8.87. The first-order valence-corrected chi connectivity index (χ1v) is 15.5. The van der Waals surface area contributed by atoms with Crippen LogP contribution in [0.25, 0.3) is 0 Å². The Morgan fingerprint density at radius 2 is 0.947 bits per heavy atom. The summed E-state index contributed by atoms with van der Waals surface area (Å²) in [6.45, 7) is 2.08. The molecule has 0 amide bonds. The minimum Gasteiger partial charge on any atom is -0.218 e. The van der Waals surface area contributed by atoms with Crippen LogP contribution in [0.15, 0.2) is 4.90 Å². The van der Waals surface area contributed by atoms with E-state index in [0.29, 0.717) is 6.42 Å². The fourth-order valence-electron chi connectivity index (χ4n) is 3.45. The van der Waals surface area contributed by atoms with Crippen molar-refractivity contribution in [2.45, 2.75) is 91.6 Å². The SMILES string of the molecule is CCCCCCCCCCCCSc1c(F)c(F)c(C(S(=O)(=O)C(F)(F)F)S(=O)(=O)C(F)(F)F)c(F)c1F. The zero-order valence-electron chi connectivity index (χ0n) is 20.0. The predicted octanol–water partition coefficient (Wildman–Crippen LogP) is 8.12. The van der Waals surface area contributed by atoms with E-state index in [1.807, 2.05) is 0 Å². The van der Waals surface area contributed by atoms with Crippen molar-refractivity contribution in [3.05, 3.63) is 28.8 Å². The molecular weight excluding hydrogens is 602 g/mol. The third-order valence-electron chi connectivity index (χ3n) is 5.45. The Hall–Kier alpha value is -1.23. The van der Waals surface area contributed by atoms with Gasteiger partial charge in [-0.05, 0) is 12.2 Å². The van der Waals surface area contributed by atoms with Crippen molar-refractivity contribution in [2.75, 3.05) is 5.75 Å². The van der Waals surface area contributed by atoms with Gasteiger partial charge in [0.15, 0.2) is 23.3 Å². The van der Waals surface area contributed by atoms with E-state index < -0.39 is 69.0 Å². The molecule has 1 aromatic rings. The quantitative estimate of drug-likeness (QED) is 0.0850. The summed E-state index contributed by atoms with van der Waals surface area (Å²) in [6, 6.07) is 0. The van der Waals surface area contributed by atoms with E-state index in [-0.39, 0.29) is 23.9 Å². The van der Waals surface area contributed by atoms with Crippen LogP contribution in [0.2, 0.25) is 0 Å². The Balaban J connectivity index is 3.17. The van der Waals surface area contributed by atoms with Crippen LogP contribution in [0.4, 0.5) is 43.9 Å². The molecular formula is C21H26F10O4S3. The number of unbranched alkanes of at least 4 members (excludes halogenated alkanes) is 9. The minimum atomic E-state index is -7.59. The van der Waals surface area contributed by atoms with Crippen molar-refractivity contribution in [1.82, 2.24) is 0 Å². The summed E-state index contributed by atoms with van der Waals surface area (Å²) in [5.41, 5.74) is -16.6. The maximum atomic E-state index is 14.6. The molecule has 0 bridgehead atoms. The van der Waals surface area contributed by atoms with Gasteiger partial charge in [-0.15, -0.1) is 11.8 Å². The number of rotatable bonds is 15. The molecule has 0 saturated heterocycles. The molecule has 0 radical (unpaired) electrons. The lowest BCUT2D eigenvalue weighted by molar-refractivity contribution is -0.0473. The third kappa shape index (κ3) is 8.15. The van der Waals surface area contributed by atoms with Crippen LogP contribution in [0, 0.1) is 23.3 Å². The van der Waals surface area contributed by atoms with Crippen LogP contribution < -0.4 is 0 Å². The summed E-state index contributed by atoms with van der Waals surface area (Å²) in [7, 11) is -15.2. The fraction of sp³-hybridized carbons (Fsp3) is 0.714. The molecule has 0 aromatic heterocycles. The molecule has 0 saturated carbocycles. The molecule has 1 rings (SSSR count). The molecule has 4 nitrogen and oxygen atoms in total. The molecule has 0 spiro atoms. The average Bonchev–Trinajstić information content (AvgIpc) is 2.79. The standard InChI is InChI=1S/C21H26F10O4S3/c1-2-3-4-5-6-7-8-9-10-11-12-36-18-16(24)14(22)13(15(23)17(18)25)19(37(32,33)20(26,27)28)38(34,35)21(29,30)31/h19H,2-12H2,1H3. The van der Waals surface area contributed by atoms with Gasteiger partial charge in [0.2, 0.25) is 4.58 Å². The highest BCUT2D eigenvalue weighted by molar-refractivity contribution is 8.09. The van der Waals surface area contributed by atoms with Crippen LogP contribution in [0.5, 0.6) is 0 Å². The first-order valence-electron chi connectivity index (χ1n) is 11.4. The van der Waals surface area contributed by atoms with Crippen molar-refractivity contribution in [3.63, 3.8) is 0 Å². The highest BCUT2D eigenvalue weighted by atomic mass is 32.3. The summed E-state index contributed by atoms with van der Waals surface area (Å²) in [4.78, 5) is -1.48. The second-order valence-corrected chi connectivity index (χ2v) is 13.8. The van der Waals surface area contributed by atoms with Gasteiger partial charge in [0, 0.05) is 0 Å². The average molecular weight is 629 g/mol. The van der Waals surface area contributed by atoms with Gasteiger partial charge in [0.25, 0.3) is 19.7 Å². The summed E-state index contributed by atoms with van der Waals surface area (Å²) >= 11 is 0.153. The molecule has 0 heterocycles. The van der Waals surface area contributed by atoms with E-state index in [1.54, 1.807) is 0 Å². The van der Waals surface area contributed by atoms with Crippen LogP contribution in [-0.4, -0.2) is 33.6 Å². The van der Waals surface area contributed by atoms with Gasteiger partial charge in [-0.2, -0.15) is 26.3 Å². The smallest absolute Gasteiger partial charge is 0.218 e. The molecule has 17 heteroatoms. The van der Waals surface area contributed by atoms with E-state index in [1.165, 1.54) is 0 Å². The van der Waals surface area contributed by atoms with Crippen LogP contribution in [-0.2, 0) is 19.7 Å². The van der Waals surface area contributed by atoms with Gasteiger partial charge in [-0.25, -0.2) is 34.4 Å². The van der Waals surface area contributed by atoms with Crippen LogP contribution in [0.3, 0.4) is 0 Å². The molecule has 0 aliphatic carbocycles. The van der Waals surface area contributed by atoms with Crippen molar-refractivity contribution in [1.29, 1.82) is 0 Å². The number of thioether (sulfide) groups is 1. The molecule has 1 aromatic carbocycles. The second kappa shape index (κ2) is 13.9. The molecule has 0 aliphatic rings. The minimum absolute atomic E-state index is 0.153. The Bertz CT molecular complexity index is 1070. The van der Waals surface area contributed by atoms with Gasteiger partial charge >= 0.3 is 11.0 Å². The monoisotopic (exact) mass is 628 g/mol. The van der Waals surface area contributed by atoms with Gasteiger partial charge in [-0.1, -0.05) is 64.7 Å². The van der Waals surface area contributed by atoms with Crippen molar-refractivity contribution >= 4 is 31.4 Å². The lowest BCUT2D eigenvalue weighted by Crippen LogP contribution is -2.40. The Morgan fingerprint density at radius 1 is 0.605 bits per heavy atom. The molecule has 0 N–H and O–H groups in total. The summed E-state index contributed by atoms with van der Waals surface area (Å²) in [5, 5.41) is 0. The van der Waals surface area contributed by atoms with E-state index in [4.69, 9.17) is 0 Å². The number of hydrogen-bond acceptors (Lipinski definition) is 5. The van der Waals surface area contributed by atoms with E-state index in [0.717, 1.165) is 51.4 Å². The molecule has 0 fully saturated rings. The highest BCUT2D eigenvalue weighted by Gasteiger charge is 2.65. The largest absolute Gasteiger partial charge is 0.499 e. The van der Waals surface area contributed by atoms with E-state index in [2.05, 4.69) is 6.92 Å². The zero-order valence-corrected chi connectivity index (χ0v) is 22.4. The summed E-state index contributed by atoms with van der Waals surface area (Å²) in [5.74, 6) is -11.2. The predicted molar refractivity (Wildman–Crippen MR) is 122 cm³/mol. The van der Waals surface area contributed by atoms with Crippen molar-refractivity contribution < 1.29 is 60.7 Å². The summed E-state index contributed by atoms with van der Waals surface area (Å²) < 4.78 is 177. The lowest BCUT2D eigenvalue weighted by atomic mass is 10.1. The molecule has 0 unspecified atom stereocenters. The highest BCUT2D eigenvalue weighted by Crippen LogP contribution is 2.47. The van der Waals surface area contributed by atoms with Gasteiger partial charge < -0.3 is 0 Å². The maximum absolute atomic E-state index is 14.6. The molecule has 0 atom stereocenters. The first kappa shape index (κ1) is 34.8. The van der Waals surface area contributed by atoms with E-state index >= 15 is 0 Å². The third-order valence-corrected chi connectivity index (χ3v) is 11.0. The molecule has 0 aliphatic heterocycles. The number of hydrogen-bond donors (Lipinski definition) is 0. The first-order chi connectivity index (χ1) is 17.3. The van der Waals surface area contributed by atoms with Gasteiger partial charge in [0.1, 0.15) is 0 Å². The fourth-order valence-corrected chi connectivity index (χ4v) is 7.94. The van der Waals surface area contributed by atoms with Gasteiger partial charge in [0.05, 0.1) is 10.5 Å². The van der Waals surface area contributed by atoms with Gasteiger partial charge in [-0.3, -0.25) is 0 Å². The number of halogens is 10. The van der Waals surface area contributed by atoms with Crippen molar-refractivity contribution in [3.8, 4) is 0 Å². The second-order valence-electron chi connectivity index (χ2n) is 8.34. The molecule has 38 heavy (non-hydrogen) atoms. The Labute approximate surface area is 218 Å².